The lowest BCUT2D eigenvalue weighted by Gasteiger charge is -2.22. The van der Waals surface area contributed by atoms with Crippen molar-refractivity contribution >= 4 is 44.4 Å². The zero-order valence-electron chi connectivity index (χ0n) is 14.8. The molecular weight excluding hydrogens is 438 g/mol. The number of ether oxygens (including phenoxy) is 1. The van der Waals surface area contributed by atoms with Crippen LogP contribution in [0.25, 0.3) is 28.5 Å². The summed E-state index contributed by atoms with van der Waals surface area (Å²) in [5, 5.41) is 4.40. The zero-order chi connectivity index (χ0) is 19.3. The molecule has 1 aliphatic heterocycles. The third-order valence-corrected chi connectivity index (χ3v) is 6.08. The van der Waals surface area contributed by atoms with E-state index in [9.17, 15) is 4.79 Å². The molecule has 2 aromatic carbocycles. The molecule has 28 heavy (non-hydrogen) atoms. The molecule has 5 nitrogen and oxygen atoms in total. The van der Waals surface area contributed by atoms with E-state index in [1.165, 1.54) is 15.9 Å². The first kappa shape index (κ1) is 17.3. The molecule has 7 heteroatoms. The summed E-state index contributed by atoms with van der Waals surface area (Å²) >= 11 is 4.75. The maximum Gasteiger partial charge on any atom is 0.291 e. The molecule has 3 heterocycles. The number of aromatic nitrogens is 3. The van der Waals surface area contributed by atoms with E-state index in [0.29, 0.717) is 15.3 Å². The summed E-state index contributed by atoms with van der Waals surface area (Å²) in [6, 6.07) is 15.6. The number of thiazole rings is 1. The number of rotatable bonds is 2. The van der Waals surface area contributed by atoms with Gasteiger partial charge in [-0.2, -0.15) is 9.50 Å². The Hall–Kier alpha value is -2.77. The third kappa shape index (κ3) is 2.96. The van der Waals surface area contributed by atoms with Gasteiger partial charge in [-0.1, -0.05) is 57.6 Å². The van der Waals surface area contributed by atoms with Gasteiger partial charge in [0.1, 0.15) is 11.9 Å². The van der Waals surface area contributed by atoms with Crippen LogP contribution in [0, 0.1) is 0 Å². The Balaban J connectivity index is 1.58. The summed E-state index contributed by atoms with van der Waals surface area (Å²) in [7, 11) is 0. The number of hydrogen-bond donors (Lipinski definition) is 0. The van der Waals surface area contributed by atoms with E-state index in [1.54, 1.807) is 0 Å². The normalized spacial score (nSPS) is 16.7. The molecule has 0 fully saturated rings. The molecule has 138 valence electrons. The molecule has 0 N–H and O–H groups in total. The van der Waals surface area contributed by atoms with Gasteiger partial charge < -0.3 is 4.74 Å². The minimum Gasteiger partial charge on any atom is -0.485 e. The lowest BCUT2D eigenvalue weighted by molar-refractivity contribution is 0.259. The van der Waals surface area contributed by atoms with E-state index < -0.39 is 0 Å². The quantitative estimate of drug-likeness (QED) is 0.463. The van der Waals surface area contributed by atoms with Crippen molar-refractivity contribution < 1.29 is 4.74 Å². The van der Waals surface area contributed by atoms with Crippen LogP contribution in [-0.4, -0.2) is 20.7 Å². The highest BCUT2D eigenvalue weighted by molar-refractivity contribution is 9.10. The maximum absolute atomic E-state index is 12.8. The second-order valence-corrected chi connectivity index (χ2v) is 8.42. The first-order chi connectivity index (χ1) is 13.6. The predicted molar refractivity (Wildman–Crippen MR) is 114 cm³/mol. The lowest BCUT2D eigenvalue weighted by atomic mass is 10.0. The molecule has 0 saturated heterocycles. The molecule has 0 bridgehead atoms. The van der Waals surface area contributed by atoms with Crippen molar-refractivity contribution in [3.8, 4) is 17.1 Å². The molecule has 0 spiro atoms. The zero-order valence-corrected chi connectivity index (χ0v) is 17.2. The molecule has 0 aliphatic carbocycles. The molecule has 2 aromatic heterocycles. The summed E-state index contributed by atoms with van der Waals surface area (Å²) in [5.74, 6) is 1.40. The van der Waals surface area contributed by atoms with Gasteiger partial charge in [0.15, 0.2) is 5.82 Å². The van der Waals surface area contributed by atoms with Crippen molar-refractivity contribution in [2.75, 3.05) is 0 Å². The van der Waals surface area contributed by atoms with Crippen LogP contribution in [0.1, 0.15) is 12.5 Å². The smallest absolute Gasteiger partial charge is 0.291 e. The van der Waals surface area contributed by atoms with E-state index in [0.717, 1.165) is 26.9 Å². The van der Waals surface area contributed by atoms with Gasteiger partial charge in [0, 0.05) is 15.6 Å². The monoisotopic (exact) mass is 451 g/mol. The lowest BCUT2D eigenvalue weighted by Crippen LogP contribution is -2.26. The van der Waals surface area contributed by atoms with Gasteiger partial charge in [0.25, 0.3) is 5.56 Å². The van der Waals surface area contributed by atoms with Crippen LogP contribution in [0.3, 0.4) is 0 Å². The molecule has 0 saturated carbocycles. The largest absolute Gasteiger partial charge is 0.485 e. The summed E-state index contributed by atoms with van der Waals surface area (Å²) in [6.07, 6.45) is 3.81. The van der Waals surface area contributed by atoms with E-state index in [1.807, 2.05) is 61.5 Å². The Labute approximate surface area is 172 Å². The first-order valence-corrected chi connectivity index (χ1v) is 10.3. The number of fused-ring (bicyclic) bond motifs is 2. The van der Waals surface area contributed by atoms with Gasteiger partial charge in [-0.3, -0.25) is 4.79 Å². The van der Waals surface area contributed by atoms with Crippen LogP contribution in [-0.2, 0) is 0 Å². The van der Waals surface area contributed by atoms with Gasteiger partial charge in [-0.05, 0) is 42.8 Å². The Kier molecular flexibility index (Phi) is 4.14. The molecular formula is C21H14BrN3O2S. The number of halogens is 1. The summed E-state index contributed by atoms with van der Waals surface area (Å²) in [5.41, 5.74) is 2.67. The fourth-order valence-corrected chi connectivity index (χ4v) is 4.30. The Morgan fingerprint density at radius 3 is 2.75 bits per heavy atom. The van der Waals surface area contributed by atoms with E-state index in [-0.39, 0.29) is 11.7 Å². The van der Waals surface area contributed by atoms with Gasteiger partial charge in [0.2, 0.25) is 4.96 Å². The Bertz CT molecular complexity index is 1340. The van der Waals surface area contributed by atoms with Crippen LogP contribution in [0.2, 0.25) is 0 Å². The van der Waals surface area contributed by atoms with Crippen molar-refractivity contribution in [3.05, 3.63) is 79.0 Å². The summed E-state index contributed by atoms with van der Waals surface area (Å²) < 4.78 is 8.91. The molecule has 0 radical (unpaired) electrons. The van der Waals surface area contributed by atoms with Crippen molar-refractivity contribution in [2.24, 2.45) is 0 Å². The number of nitrogens with zero attached hydrogens (tertiary/aromatic N) is 3. The number of benzene rings is 2. The van der Waals surface area contributed by atoms with Gasteiger partial charge >= 0.3 is 0 Å². The van der Waals surface area contributed by atoms with Crippen molar-refractivity contribution in [2.45, 2.75) is 13.0 Å². The van der Waals surface area contributed by atoms with Gasteiger partial charge in [-0.15, -0.1) is 5.10 Å². The van der Waals surface area contributed by atoms with E-state index in [2.05, 4.69) is 32.1 Å². The topological polar surface area (TPSA) is 56.5 Å². The number of para-hydroxylation sites is 1. The molecule has 1 aliphatic rings. The average molecular weight is 452 g/mol. The third-order valence-electron chi connectivity index (χ3n) is 4.60. The highest BCUT2D eigenvalue weighted by atomic mass is 79.9. The average Bonchev–Trinajstić information content (AvgIpc) is 3.23. The van der Waals surface area contributed by atoms with Crippen LogP contribution in [0.4, 0.5) is 0 Å². The molecule has 0 amide bonds. The van der Waals surface area contributed by atoms with E-state index in [4.69, 9.17) is 4.74 Å². The Morgan fingerprint density at radius 2 is 1.96 bits per heavy atom. The van der Waals surface area contributed by atoms with Crippen molar-refractivity contribution in [1.82, 2.24) is 14.6 Å². The fourth-order valence-electron chi connectivity index (χ4n) is 3.13. The fraction of sp³-hybridized carbons (Fsp3) is 0.0952. The second kappa shape index (κ2) is 6.68. The van der Waals surface area contributed by atoms with Crippen LogP contribution in [0.5, 0.6) is 5.75 Å². The SMILES string of the molecule is CC1Oc2ccccc2C=C1/C=c1/sc2nc(-c3ccc(Br)cc3)nn2c1=O. The van der Waals surface area contributed by atoms with Crippen molar-refractivity contribution in [3.63, 3.8) is 0 Å². The minimum atomic E-state index is -0.164. The molecule has 1 atom stereocenters. The van der Waals surface area contributed by atoms with E-state index >= 15 is 0 Å². The standard InChI is InChI=1S/C21H14BrN3O2S/c1-12-15(10-14-4-2-3-5-17(14)27-12)11-18-20(26)25-21(28-18)23-19(24-25)13-6-8-16(22)9-7-13/h2-12H,1H3/b18-11+. The highest BCUT2D eigenvalue weighted by Crippen LogP contribution is 2.29. The number of hydrogen-bond acceptors (Lipinski definition) is 5. The second-order valence-electron chi connectivity index (χ2n) is 6.49. The summed E-state index contributed by atoms with van der Waals surface area (Å²) in [4.78, 5) is 17.9. The predicted octanol–water partition coefficient (Wildman–Crippen LogP) is 3.94. The van der Waals surface area contributed by atoms with Crippen molar-refractivity contribution in [1.29, 1.82) is 0 Å². The Morgan fingerprint density at radius 1 is 1.18 bits per heavy atom. The van der Waals surface area contributed by atoms with Crippen LogP contribution in [0.15, 0.2) is 63.4 Å². The van der Waals surface area contributed by atoms with Gasteiger partial charge in [0.05, 0.1) is 4.53 Å². The molecule has 4 aromatic rings. The highest BCUT2D eigenvalue weighted by Gasteiger charge is 2.18. The van der Waals surface area contributed by atoms with Crippen LogP contribution >= 0.6 is 27.3 Å². The molecule has 5 rings (SSSR count). The van der Waals surface area contributed by atoms with Crippen LogP contribution < -0.4 is 14.8 Å². The summed E-state index contributed by atoms with van der Waals surface area (Å²) in [6.45, 7) is 1.98. The van der Waals surface area contributed by atoms with Gasteiger partial charge in [-0.25, -0.2) is 0 Å². The maximum atomic E-state index is 12.8. The minimum absolute atomic E-state index is 0.130. The first-order valence-electron chi connectivity index (χ1n) is 8.73. The molecule has 1 unspecified atom stereocenters.